The third kappa shape index (κ3) is 4.72. The molecule has 2 heterocycles. The van der Waals surface area contributed by atoms with Gasteiger partial charge in [0.2, 0.25) is 0 Å². The number of rotatable bonds is 6. The minimum Gasteiger partial charge on any atom is -0.508 e. The highest BCUT2D eigenvalue weighted by Gasteiger charge is 2.33. The van der Waals surface area contributed by atoms with Gasteiger partial charge in [0.25, 0.3) is 5.56 Å². The van der Waals surface area contributed by atoms with Crippen molar-refractivity contribution in [2.45, 2.75) is 32.9 Å². The number of ether oxygens (including phenoxy) is 3. The first kappa shape index (κ1) is 24.3. The first-order valence-electron chi connectivity index (χ1n) is 11.0. The van der Waals surface area contributed by atoms with Crippen LogP contribution in [0.15, 0.2) is 63.5 Å². The van der Waals surface area contributed by atoms with E-state index in [1.807, 2.05) is 13.8 Å². The number of carbonyl (C=O) groups excluding carboxylic acids is 1. The fraction of sp³-hybridized carbons (Fsp3) is 0.269. The van der Waals surface area contributed by atoms with Gasteiger partial charge in [0, 0.05) is 0 Å². The van der Waals surface area contributed by atoms with Crippen molar-refractivity contribution in [1.82, 2.24) is 4.57 Å². The van der Waals surface area contributed by atoms with Crippen LogP contribution in [0.5, 0.6) is 17.2 Å². The quantitative estimate of drug-likeness (QED) is 0.529. The predicted octanol–water partition coefficient (Wildman–Crippen LogP) is 2.91. The zero-order valence-electron chi connectivity index (χ0n) is 20.1. The van der Waals surface area contributed by atoms with Gasteiger partial charge in [0.05, 0.1) is 42.2 Å². The van der Waals surface area contributed by atoms with Gasteiger partial charge in [0.15, 0.2) is 16.3 Å². The Kier molecular flexibility index (Phi) is 6.79. The Morgan fingerprint density at radius 3 is 2.60 bits per heavy atom. The van der Waals surface area contributed by atoms with Gasteiger partial charge in [-0.25, -0.2) is 9.79 Å². The number of allylic oxidation sites excluding steroid dienone is 1. The molecule has 35 heavy (non-hydrogen) atoms. The number of esters is 1. The number of hydrogen-bond donors (Lipinski definition) is 1. The molecule has 1 N–H and O–H groups in total. The standard InChI is InChI=1S/C26H26N2O6S/c1-14(2)34-19-10-9-17(13-20(19)32-4)23-22(25(31)33-5)15(3)27-26-28(23)24(30)21(35-26)12-16-7-6-8-18(29)11-16/h6-14,23,29H,1-5H3/b21-12-/t23-/m1/s1. The molecule has 3 aromatic rings. The number of aromatic nitrogens is 1. The van der Waals surface area contributed by atoms with E-state index in [9.17, 15) is 14.7 Å². The number of nitrogens with zero attached hydrogens (tertiary/aromatic N) is 2. The molecule has 1 aromatic heterocycles. The van der Waals surface area contributed by atoms with Gasteiger partial charge in [-0.15, -0.1) is 0 Å². The molecular formula is C26H26N2O6S. The van der Waals surface area contributed by atoms with Gasteiger partial charge in [-0.2, -0.15) is 0 Å². The zero-order valence-corrected chi connectivity index (χ0v) is 20.9. The van der Waals surface area contributed by atoms with Crippen molar-refractivity contribution in [2.24, 2.45) is 4.99 Å². The lowest BCUT2D eigenvalue weighted by Gasteiger charge is -2.25. The Hall–Kier alpha value is -3.85. The topological polar surface area (TPSA) is 99.4 Å². The molecule has 8 nitrogen and oxygen atoms in total. The van der Waals surface area contributed by atoms with E-state index in [0.29, 0.717) is 37.7 Å². The van der Waals surface area contributed by atoms with Crippen LogP contribution in [0.1, 0.15) is 37.9 Å². The second-order valence-electron chi connectivity index (χ2n) is 8.25. The lowest BCUT2D eigenvalue weighted by atomic mass is 9.95. The lowest BCUT2D eigenvalue weighted by Crippen LogP contribution is -2.39. The summed E-state index contributed by atoms with van der Waals surface area (Å²) in [5.74, 6) is 0.573. The molecule has 1 atom stereocenters. The van der Waals surface area contributed by atoms with Gasteiger partial charge in [0.1, 0.15) is 5.75 Å². The Morgan fingerprint density at radius 1 is 1.17 bits per heavy atom. The van der Waals surface area contributed by atoms with Gasteiger partial charge in [-0.1, -0.05) is 29.5 Å². The van der Waals surface area contributed by atoms with Crippen LogP contribution < -0.4 is 24.4 Å². The Labute approximate surface area is 206 Å². The van der Waals surface area contributed by atoms with Crippen LogP contribution in [0.3, 0.4) is 0 Å². The molecule has 1 aliphatic heterocycles. The van der Waals surface area contributed by atoms with Crippen molar-refractivity contribution in [1.29, 1.82) is 0 Å². The van der Waals surface area contributed by atoms with E-state index in [4.69, 9.17) is 14.2 Å². The molecule has 2 aromatic carbocycles. The van der Waals surface area contributed by atoms with E-state index < -0.39 is 12.0 Å². The summed E-state index contributed by atoms with van der Waals surface area (Å²) in [5, 5.41) is 9.80. The molecule has 1 aliphatic rings. The summed E-state index contributed by atoms with van der Waals surface area (Å²) in [6, 6.07) is 11.2. The van der Waals surface area contributed by atoms with Crippen molar-refractivity contribution in [3.63, 3.8) is 0 Å². The van der Waals surface area contributed by atoms with Crippen LogP contribution in [-0.4, -0.2) is 36.0 Å². The number of fused-ring (bicyclic) bond motifs is 1. The summed E-state index contributed by atoms with van der Waals surface area (Å²) >= 11 is 1.21. The Balaban J connectivity index is 1.95. The second-order valence-corrected chi connectivity index (χ2v) is 9.25. The first-order chi connectivity index (χ1) is 16.7. The molecule has 0 fully saturated rings. The highest BCUT2D eigenvalue weighted by atomic mass is 32.1. The van der Waals surface area contributed by atoms with Crippen LogP contribution in [0.25, 0.3) is 6.08 Å². The number of phenolic OH excluding ortho intramolecular Hbond substituents is 1. The third-order valence-corrected chi connectivity index (χ3v) is 6.44. The Morgan fingerprint density at radius 2 is 1.94 bits per heavy atom. The number of carbonyl (C=O) groups is 1. The summed E-state index contributed by atoms with van der Waals surface area (Å²) in [6.45, 7) is 5.55. The van der Waals surface area contributed by atoms with Crippen LogP contribution in [0.4, 0.5) is 0 Å². The summed E-state index contributed by atoms with van der Waals surface area (Å²) in [6.07, 6.45) is 1.63. The largest absolute Gasteiger partial charge is 0.508 e. The maximum Gasteiger partial charge on any atom is 0.338 e. The molecule has 0 spiro atoms. The van der Waals surface area contributed by atoms with E-state index in [-0.39, 0.29) is 23.0 Å². The number of benzene rings is 2. The molecule has 0 unspecified atom stereocenters. The molecule has 0 bridgehead atoms. The maximum absolute atomic E-state index is 13.6. The average Bonchev–Trinajstić information content (AvgIpc) is 3.12. The monoisotopic (exact) mass is 494 g/mol. The molecular weight excluding hydrogens is 468 g/mol. The minimum atomic E-state index is -0.771. The lowest BCUT2D eigenvalue weighted by molar-refractivity contribution is -0.136. The second kappa shape index (κ2) is 9.79. The number of methoxy groups -OCH3 is 2. The summed E-state index contributed by atoms with van der Waals surface area (Å²) < 4.78 is 18.3. The molecule has 0 amide bonds. The molecule has 182 valence electrons. The molecule has 0 aliphatic carbocycles. The van der Waals surface area contributed by atoms with Crippen LogP contribution in [0, 0.1) is 0 Å². The van der Waals surface area contributed by atoms with Crippen molar-refractivity contribution in [2.75, 3.05) is 14.2 Å². The smallest absolute Gasteiger partial charge is 0.338 e. The molecule has 0 saturated carbocycles. The van der Waals surface area contributed by atoms with Crippen LogP contribution >= 0.6 is 11.3 Å². The average molecular weight is 495 g/mol. The highest BCUT2D eigenvalue weighted by molar-refractivity contribution is 7.07. The van der Waals surface area contributed by atoms with E-state index >= 15 is 0 Å². The Bertz CT molecular complexity index is 1500. The molecule has 4 rings (SSSR count). The van der Waals surface area contributed by atoms with E-state index in [1.54, 1.807) is 55.5 Å². The highest BCUT2D eigenvalue weighted by Crippen LogP contribution is 2.36. The summed E-state index contributed by atoms with van der Waals surface area (Å²) in [5.41, 5.74) is 1.75. The first-order valence-corrected chi connectivity index (χ1v) is 11.8. The van der Waals surface area contributed by atoms with Crippen molar-refractivity contribution >= 4 is 23.4 Å². The number of thiazole rings is 1. The van der Waals surface area contributed by atoms with Gasteiger partial charge in [-0.3, -0.25) is 9.36 Å². The van der Waals surface area contributed by atoms with E-state index in [0.717, 1.165) is 0 Å². The predicted molar refractivity (Wildman–Crippen MR) is 133 cm³/mol. The van der Waals surface area contributed by atoms with Gasteiger partial charge in [-0.05, 0) is 62.2 Å². The van der Waals surface area contributed by atoms with Gasteiger partial charge >= 0.3 is 5.97 Å². The van der Waals surface area contributed by atoms with Crippen LogP contribution in [0.2, 0.25) is 0 Å². The van der Waals surface area contributed by atoms with Crippen LogP contribution in [-0.2, 0) is 9.53 Å². The molecule has 0 saturated heterocycles. The van der Waals surface area contributed by atoms with Crippen molar-refractivity contribution < 1.29 is 24.1 Å². The van der Waals surface area contributed by atoms with Crippen molar-refractivity contribution in [3.8, 4) is 17.2 Å². The minimum absolute atomic E-state index is 0.0578. The third-order valence-electron chi connectivity index (χ3n) is 5.46. The normalized spacial score (nSPS) is 15.6. The number of hydrogen-bond acceptors (Lipinski definition) is 8. The summed E-state index contributed by atoms with van der Waals surface area (Å²) in [4.78, 5) is 31.4. The fourth-order valence-electron chi connectivity index (χ4n) is 3.98. The van der Waals surface area contributed by atoms with E-state index in [2.05, 4.69) is 4.99 Å². The molecule has 9 heteroatoms. The van der Waals surface area contributed by atoms with E-state index in [1.165, 1.54) is 30.1 Å². The number of aromatic hydroxyl groups is 1. The number of phenols is 1. The molecule has 0 radical (unpaired) electrons. The summed E-state index contributed by atoms with van der Waals surface area (Å²) in [7, 11) is 2.84. The zero-order chi connectivity index (χ0) is 25.3. The fourth-order valence-corrected chi connectivity index (χ4v) is 5.03. The SMILES string of the molecule is COC(=O)C1=C(C)N=c2s/c(=C\c3cccc(O)c3)c(=O)n2[C@@H]1c1ccc(OC(C)C)c(OC)c1. The van der Waals surface area contributed by atoms with Crippen molar-refractivity contribution in [3.05, 3.63) is 84.5 Å². The maximum atomic E-state index is 13.6. The van der Waals surface area contributed by atoms with Gasteiger partial charge < -0.3 is 19.3 Å².